The van der Waals surface area contributed by atoms with E-state index in [1.165, 1.54) is 57.8 Å². The highest BCUT2D eigenvalue weighted by molar-refractivity contribution is 4.94. The normalized spacial score (nSPS) is 36.6. The van der Waals surface area contributed by atoms with Crippen molar-refractivity contribution in [3.05, 3.63) is 0 Å². The number of rotatable bonds is 18. The summed E-state index contributed by atoms with van der Waals surface area (Å²) in [6, 6.07) is 0. The molecule has 11 heteroatoms. The lowest BCUT2D eigenvalue weighted by molar-refractivity contribution is -0.359. The monoisotopic (exact) mass is 538 g/mol. The van der Waals surface area contributed by atoms with Gasteiger partial charge in [-0.2, -0.15) is 0 Å². The Morgan fingerprint density at radius 2 is 1.03 bits per heavy atom. The highest BCUT2D eigenvalue weighted by Crippen LogP contribution is 2.29. The Morgan fingerprint density at radius 3 is 1.57 bits per heavy atom. The van der Waals surface area contributed by atoms with Gasteiger partial charge in [-0.15, -0.1) is 0 Å². The van der Waals surface area contributed by atoms with Crippen LogP contribution in [0, 0.1) is 0 Å². The number of unbranched alkanes of at least 4 members (excludes halogenated alkanes) is 11. The minimum Gasteiger partial charge on any atom is -0.394 e. The summed E-state index contributed by atoms with van der Waals surface area (Å²) in [6.07, 6.45) is 0.153. The molecule has 0 bridgehead atoms. The maximum Gasteiger partial charge on any atom is 0.187 e. The van der Waals surface area contributed by atoms with E-state index in [9.17, 15) is 35.7 Å². The van der Waals surface area contributed by atoms with Crippen LogP contribution in [0.2, 0.25) is 0 Å². The van der Waals surface area contributed by atoms with Gasteiger partial charge in [0.25, 0.3) is 0 Å². The average Bonchev–Trinajstić information content (AvgIpc) is 2.90. The lowest BCUT2D eigenvalue weighted by Crippen LogP contribution is -2.64. The topological polar surface area (TPSA) is 179 Å². The van der Waals surface area contributed by atoms with Gasteiger partial charge in [-0.25, -0.2) is 0 Å². The summed E-state index contributed by atoms with van der Waals surface area (Å²) in [5, 5.41) is 70.3. The first-order chi connectivity index (χ1) is 17.8. The van der Waals surface area contributed by atoms with Gasteiger partial charge < -0.3 is 54.7 Å². The maximum absolute atomic E-state index is 10.6. The number of hydrogen-bond acceptors (Lipinski definition) is 11. The van der Waals surface area contributed by atoms with Gasteiger partial charge in [-0.3, -0.25) is 0 Å². The molecule has 2 aliphatic heterocycles. The van der Waals surface area contributed by atoms with Crippen LogP contribution >= 0.6 is 0 Å². The Labute approximate surface area is 220 Å². The van der Waals surface area contributed by atoms with Crippen molar-refractivity contribution in [1.29, 1.82) is 0 Å². The summed E-state index contributed by atoms with van der Waals surface area (Å²) in [4.78, 5) is 0. The molecule has 2 saturated heterocycles. The van der Waals surface area contributed by atoms with Crippen LogP contribution in [-0.4, -0.2) is 117 Å². The van der Waals surface area contributed by atoms with E-state index in [1.54, 1.807) is 0 Å². The summed E-state index contributed by atoms with van der Waals surface area (Å²) < 4.78 is 22.1. The van der Waals surface area contributed by atoms with Gasteiger partial charge in [0.15, 0.2) is 12.6 Å². The van der Waals surface area contributed by atoms with Gasteiger partial charge in [0, 0.05) is 6.61 Å². The zero-order chi connectivity index (χ0) is 27.2. The van der Waals surface area contributed by atoms with Gasteiger partial charge in [0.1, 0.15) is 48.8 Å². The molecule has 2 rings (SSSR count). The van der Waals surface area contributed by atoms with Crippen molar-refractivity contribution < 1.29 is 54.7 Å². The number of aliphatic hydroxyl groups excluding tert-OH is 7. The largest absolute Gasteiger partial charge is 0.394 e. The molecule has 0 saturated carbocycles. The first kappa shape index (κ1) is 32.8. The van der Waals surface area contributed by atoms with Gasteiger partial charge in [0.2, 0.25) is 0 Å². The molecule has 10 atom stereocenters. The molecule has 0 aromatic rings. The van der Waals surface area contributed by atoms with Crippen molar-refractivity contribution in [2.75, 3.05) is 19.8 Å². The van der Waals surface area contributed by atoms with E-state index < -0.39 is 74.6 Å². The molecule has 2 aliphatic rings. The Hall–Kier alpha value is -0.440. The third kappa shape index (κ3) is 10.2. The molecule has 0 aliphatic carbocycles. The molecule has 0 amide bonds. The second kappa shape index (κ2) is 18.0. The van der Waals surface area contributed by atoms with Crippen molar-refractivity contribution in [3.63, 3.8) is 0 Å². The molecule has 0 spiro atoms. The van der Waals surface area contributed by atoms with Gasteiger partial charge in [0.05, 0.1) is 13.2 Å². The van der Waals surface area contributed by atoms with Crippen LogP contribution in [0.4, 0.5) is 0 Å². The third-order valence-corrected chi connectivity index (χ3v) is 7.24. The van der Waals surface area contributed by atoms with Crippen molar-refractivity contribution in [3.8, 4) is 0 Å². The Morgan fingerprint density at radius 1 is 0.541 bits per heavy atom. The zero-order valence-electron chi connectivity index (χ0n) is 22.1. The van der Waals surface area contributed by atoms with Crippen LogP contribution in [0.5, 0.6) is 0 Å². The number of ether oxygens (including phenoxy) is 4. The average molecular weight is 539 g/mol. The molecule has 7 N–H and O–H groups in total. The smallest absolute Gasteiger partial charge is 0.187 e. The molecule has 220 valence electrons. The van der Waals surface area contributed by atoms with Crippen molar-refractivity contribution in [2.45, 2.75) is 145 Å². The number of hydrogen-bond donors (Lipinski definition) is 7. The molecule has 0 radical (unpaired) electrons. The number of aliphatic hydroxyl groups is 7. The molecule has 11 nitrogen and oxygen atoms in total. The lowest BCUT2D eigenvalue weighted by atomic mass is 9.97. The van der Waals surface area contributed by atoms with Gasteiger partial charge in [-0.05, 0) is 6.42 Å². The fraction of sp³-hybridized carbons (Fsp3) is 1.00. The van der Waals surface area contributed by atoms with E-state index in [-0.39, 0.29) is 0 Å². The minimum atomic E-state index is -1.69. The van der Waals surface area contributed by atoms with Gasteiger partial charge in [-0.1, -0.05) is 77.6 Å². The first-order valence-electron chi connectivity index (χ1n) is 14.1. The predicted molar refractivity (Wildman–Crippen MR) is 133 cm³/mol. The van der Waals surface area contributed by atoms with Crippen LogP contribution in [0.15, 0.2) is 0 Å². The third-order valence-electron chi connectivity index (χ3n) is 7.24. The fourth-order valence-electron chi connectivity index (χ4n) is 4.84. The zero-order valence-corrected chi connectivity index (χ0v) is 22.1. The fourth-order valence-corrected chi connectivity index (χ4v) is 4.84. The second-order valence-electron chi connectivity index (χ2n) is 10.3. The van der Waals surface area contributed by atoms with Crippen LogP contribution < -0.4 is 0 Å². The molecule has 0 unspecified atom stereocenters. The molecular formula is C26H50O11. The summed E-state index contributed by atoms with van der Waals surface area (Å²) in [6.45, 7) is 1.33. The first-order valence-corrected chi connectivity index (χ1v) is 14.1. The van der Waals surface area contributed by atoms with Crippen molar-refractivity contribution >= 4 is 0 Å². The van der Waals surface area contributed by atoms with E-state index in [0.29, 0.717) is 6.61 Å². The van der Waals surface area contributed by atoms with Gasteiger partial charge >= 0.3 is 0 Å². The Kier molecular flexibility index (Phi) is 16.0. The molecule has 0 aromatic carbocycles. The summed E-state index contributed by atoms with van der Waals surface area (Å²) in [5.41, 5.74) is 0. The van der Waals surface area contributed by atoms with Crippen LogP contribution in [-0.2, 0) is 18.9 Å². The summed E-state index contributed by atoms with van der Waals surface area (Å²) in [5.74, 6) is 0. The highest BCUT2D eigenvalue weighted by atomic mass is 16.7. The molecule has 2 fully saturated rings. The van der Waals surface area contributed by atoms with E-state index in [4.69, 9.17) is 18.9 Å². The van der Waals surface area contributed by atoms with Crippen LogP contribution in [0.25, 0.3) is 0 Å². The Bertz CT molecular complexity index is 579. The Balaban J connectivity index is 1.68. The quantitative estimate of drug-likeness (QED) is 0.120. The van der Waals surface area contributed by atoms with E-state index in [1.807, 2.05) is 0 Å². The highest BCUT2D eigenvalue weighted by Gasteiger charge is 2.50. The van der Waals surface area contributed by atoms with E-state index in [2.05, 4.69) is 6.92 Å². The van der Waals surface area contributed by atoms with E-state index in [0.717, 1.165) is 19.3 Å². The van der Waals surface area contributed by atoms with E-state index >= 15 is 0 Å². The molecule has 0 aromatic heterocycles. The minimum absolute atomic E-state index is 0.322. The van der Waals surface area contributed by atoms with Crippen LogP contribution in [0.3, 0.4) is 0 Å². The molecule has 37 heavy (non-hydrogen) atoms. The second-order valence-corrected chi connectivity index (χ2v) is 10.3. The van der Waals surface area contributed by atoms with Crippen molar-refractivity contribution in [2.24, 2.45) is 0 Å². The molecular weight excluding hydrogens is 488 g/mol. The summed E-state index contributed by atoms with van der Waals surface area (Å²) in [7, 11) is 0. The van der Waals surface area contributed by atoms with Crippen molar-refractivity contribution in [1.82, 2.24) is 0 Å². The maximum atomic E-state index is 10.6. The SMILES string of the molecule is CCCCCCCCCCCCCCO[C@H]1O[C@H](CO)[C@@H](O[C@H]2O[C@H](CO)[C@@H](O)[C@H](O)[C@H]2O)[C@H](O)[C@H]1O. The standard InChI is InChI=1S/C26H50O11/c1-2-3-4-5-6-7-8-9-10-11-12-13-14-34-25-23(33)21(31)24(18(16-28)36-25)37-26-22(32)20(30)19(29)17(15-27)35-26/h17-33H,2-16H2,1H3/t17-,18-,19-,20+,21-,22-,23-,24-,25+,26-/m1/s1. The predicted octanol–water partition coefficient (Wildman–Crippen LogP) is 0.328. The van der Waals surface area contributed by atoms with Crippen LogP contribution in [0.1, 0.15) is 84.0 Å². The molecule has 2 heterocycles. The lowest BCUT2D eigenvalue weighted by Gasteiger charge is -2.45. The summed E-state index contributed by atoms with van der Waals surface area (Å²) >= 11 is 0.